The molecule has 9 nitrogen and oxygen atoms in total. The second-order valence-corrected chi connectivity index (χ2v) is 7.91. The van der Waals surface area contributed by atoms with Gasteiger partial charge in [0.05, 0.1) is 48.8 Å². The summed E-state index contributed by atoms with van der Waals surface area (Å²) in [6.07, 6.45) is 6.41. The molecule has 1 heterocycles. The van der Waals surface area contributed by atoms with Gasteiger partial charge in [0.15, 0.2) is 11.5 Å². The lowest BCUT2D eigenvalue weighted by Crippen LogP contribution is -2.40. The maximum Gasteiger partial charge on any atom is 0.282 e. The molecule has 2 amide bonds. The van der Waals surface area contributed by atoms with Gasteiger partial charge < -0.3 is 9.47 Å². The zero-order chi connectivity index (χ0) is 20.4. The van der Waals surface area contributed by atoms with Crippen molar-refractivity contribution in [1.29, 1.82) is 0 Å². The van der Waals surface area contributed by atoms with Crippen molar-refractivity contribution in [3.8, 4) is 11.5 Å². The molecule has 9 heteroatoms. The molecule has 150 valence electrons. The number of benzene rings is 1. The number of carbonyl (C=O) groups excluding carboxylic acids is 2. The van der Waals surface area contributed by atoms with E-state index in [-0.39, 0.29) is 58.2 Å². The first-order chi connectivity index (χ1) is 14.0. The van der Waals surface area contributed by atoms with Gasteiger partial charge in [-0.2, -0.15) is 10.1 Å². The van der Waals surface area contributed by atoms with Crippen LogP contribution in [0.5, 0.6) is 11.5 Å². The van der Waals surface area contributed by atoms with Crippen LogP contribution in [-0.4, -0.2) is 42.2 Å². The fourth-order valence-electron chi connectivity index (χ4n) is 5.32. The summed E-state index contributed by atoms with van der Waals surface area (Å²) in [6.45, 7) is 0. The first kappa shape index (κ1) is 17.8. The Morgan fingerprint density at radius 3 is 2.14 bits per heavy atom. The largest absolute Gasteiger partial charge is 0.493 e. The highest BCUT2D eigenvalue weighted by molar-refractivity contribution is 6.06. The molecule has 3 fully saturated rings. The number of hydrogen-bond acceptors (Lipinski definition) is 7. The zero-order valence-electron chi connectivity index (χ0n) is 15.8. The lowest BCUT2D eigenvalue weighted by Gasteiger charge is -2.37. The summed E-state index contributed by atoms with van der Waals surface area (Å²) in [5.74, 6) is 0.333. The minimum Gasteiger partial charge on any atom is -0.493 e. The predicted octanol–water partition coefficient (Wildman–Crippen LogP) is 2.00. The molecule has 2 saturated carbocycles. The van der Waals surface area contributed by atoms with Crippen LogP contribution < -0.4 is 9.47 Å². The van der Waals surface area contributed by atoms with Crippen LogP contribution in [-0.2, 0) is 9.59 Å². The van der Waals surface area contributed by atoms with Crippen molar-refractivity contribution >= 4 is 23.7 Å². The van der Waals surface area contributed by atoms with Crippen LogP contribution in [0.1, 0.15) is 12.0 Å². The Kier molecular flexibility index (Phi) is 3.77. The van der Waals surface area contributed by atoms with E-state index in [2.05, 4.69) is 17.3 Å². The Morgan fingerprint density at radius 1 is 1.07 bits per heavy atom. The topological polar surface area (TPSA) is 111 Å². The van der Waals surface area contributed by atoms with Crippen LogP contribution in [0.25, 0.3) is 0 Å². The highest BCUT2D eigenvalue weighted by atomic mass is 16.6. The van der Waals surface area contributed by atoms with Gasteiger partial charge in [0, 0.05) is 0 Å². The highest BCUT2D eigenvalue weighted by Crippen LogP contribution is 2.65. The number of hydrogen-bond donors (Lipinski definition) is 0. The molecule has 5 aliphatic rings. The Labute approximate surface area is 166 Å². The number of carbonyl (C=O) groups is 2. The van der Waals surface area contributed by atoms with Crippen LogP contribution in [0.4, 0.5) is 5.69 Å². The quantitative estimate of drug-likeness (QED) is 0.247. The summed E-state index contributed by atoms with van der Waals surface area (Å²) >= 11 is 0. The van der Waals surface area contributed by atoms with Crippen molar-refractivity contribution in [2.45, 2.75) is 6.42 Å². The molecular weight excluding hydrogens is 378 g/mol. The van der Waals surface area contributed by atoms with E-state index in [0.717, 1.165) is 11.4 Å². The standard InChI is InChI=1S/C20H19N3O6/c1-28-15-5-9(14(23(26)27)7-16(15)29-2)8-21-22-19(24)17-10-3-4-11(13-6-12(10)13)18(17)20(22)25/h3-5,7-8,10-13,17-18H,6H2,1-2H3/b21-8-/t10-,11-,12-,13+,17+,18+/m0/s1. The second kappa shape index (κ2) is 6.13. The number of nitro groups is 1. The second-order valence-electron chi connectivity index (χ2n) is 7.91. The van der Waals surface area contributed by atoms with Gasteiger partial charge in [-0.05, 0) is 36.2 Å². The monoisotopic (exact) mass is 397 g/mol. The van der Waals surface area contributed by atoms with Crippen molar-refractivity contribution in [3.05, 3.63) is 40.0 Å². The molecule has 0 unspecified atom stereocenters. The summed E-state index contributed by atoms with van der Waals surface area (Å²) in [5, 5.41) is 16.4. The molecule has 2 bridgehead atoms. The third-order valence-electron chi connectivity index (χ3n) is 6.68. The van der Waals surface area contributed by atoms with Gasteiger partial charge in [0.2, 0.25) is 0 Å². The molecule has 0 radical (unpaired) electrons. The first-order valence-electron chi connectivity index (χ1n) is 9.46. The van der Waals surface area contributed by atoms with Gasteiger partial charge in [-0.3, -0.25) is 19.7 Å². The molecule has 0 aromatic heterocycles. The number of ether oxygens (including phenoxy) is 2. The van der Waals surface area contributed by atoms with E-state index in [1.807, 2.05) is 0 Å². The lowest BCUT2D eigenvalue weighted by atomic mass is 9.63. The Bertz CT molecular complexity index is 966. The van der Waals surface area contributed by atoms with E-state index in [9.17, 15) is 19.7 Å². The molecule has 1 aliphatic heterocycles. The van der Waals surface area contributed by atoms with Gasteiger partial charge >= 0.3 is 0 Å². The van der Waals surface area contributed by atoms with Crippen molar-refractivity contribution < 1.29 is 24.0 Å². The molecule has 6 atom stereocenters. The maximum absolute atomic E-state index is 12.9. The Balaban J connectivity index is 1.48. The van der Waals surface area contributed by atoms with Crippen LogP contribution in [0.2, 0.25) is 0 Å². The number of hydrazone groups is 1. The molecule has 6 rings (SSSR count). The summed E-state index contributed by atoms with van der Waals surface area (Å²) < 4.78 is 10.3. The van der Waals surface area contributed by atoms with Crippen molar-refractivity contribution in [2.24, 2.45) is 40.6 Å². The molecule has 1 aromatic carbocycles. The molecule has 1 saturated heterocycles. The van der Waals surface area contributed by atoms with E-state index in [0.29, 0.717) is 11.8 Å². The average Bonchev–Trinajstić information content (AvgIpc) is 3.50. The van der Waals surface area contributed by atoms with Gasteiger partial charge in [-0.15, -0.1) is 0 Å². The van der Waals surface area contributed by atoms with E-state index in [1.165, 1.54) is 32.6 Å². The SMILES string of the molecule is COc1cc(/C=N\N2C(=O)[C@@H]3[C@H]4C=C[C@@H]([C@@H]5C[C@H]45)[C@H]3C2=O)c([N+](=O)[O-])cc1OC. The number of methoxy groups -OCH3 is 2. The van der Waals surface area contributed by atoms with Crippen LogP contribution in [0.3, 0.4) is 0 Å². The van der Waals surface area contributed by atoms with Crippen molar-refractivity contribution in [1.82, 2.24) is 5.01 Å². The number of nitro benzene ring substituents is 1. The third-order valence-corrected chi connectivity index (χ3v) is 6.68. The minimum absolute atomic E-state index is 0.0991. The smallest absolute Gasteiger partial charge is 0.282 e. The Morgan fingerprint density at radius 2 is 1.62 bits per heavy atom. The van der Waals surface area contributed by atoms with E-state index < -0.39 is 4.92 Å². The minimum atomic E-state index is -0.575. The fraction of sp³-hybridized carbons (Fsp3) is 0.450. The van der Waals surface area contributed by atoms with Crippen LogP contribution in [0.15, 0.2) is 29.4 Å². The summed E-state index contributed by atoms with van der Waals surface area (Å²) in [6, 6.07) is 2.63. The van der Waals surface area contributed by atoms with Gasteiger partial charge in [-0.1, -0.05) is 12.2 Å². The number of nitrogens with zero attached hydrogens (tertiary/aromatic N) is 3. The number of amides is 2. The van der Waals surface area contributed by atoms with E-state index in [1.54, 1.807) is 0 Å². The maximum atomic E-state index is 12.9. The summed E-state index contributed by atoms with van der Waals surface area (Å²) in [4.78, 5) is 36.8. The molecule has 29 heavy (non-hydrogen) atoms. The summed E-state index contributed by atoms with van der Waals surface area (Å²) in [5.41, 5.74) is -0.141. The number of allylic oxidation sites excluding steroid dienone is 2. The molecular formula is C20H19N3O6. The van der Waals surface area contributed by atoms with E-state index in [4.69, 9.17) is 9.47 Å². The van der Waals surface area contributed by atoms with Gasteiger partial charge in [-0.25, -0.2) is 0 Å². The molecule has 1 aromatic rings. The molecule has 0 N–H and O–H groups in total. The number of imide groups is 1. The van der Waals surface area contributed by atoms with Crippen LogP contribution in [0, 0.1) is 45.6 Å². The normalized spacial score (nSPS) is 33.8. The highest BCUT2D eigenvalue weighted by Gasteiger charge is 2.67. The molecule has 4 aliphatic carbocycles. The predicted molar refractivity (Wildman–Crippen MR) is 100 cm³/mol. The zero-order valence-corrected chi connectivity index (χ0v) is 15.8. The van der Waals surface area contributed by atoms with Crippen molar-refractivity contribution in [2.75, 3.05) is 14.2 Å². The van der Waals surface area contributed by atoms with Gasteiger partial charge in [0.1, 0.15) is 0 Å². The van der Waals surface area contributed by atoms with Crippen LogP contribution >= 0.6 is 0 Å². The average molecular weight is 397 g/mol. The lowest BCUT2D eigenvalue weighted by molar-refractivity contribution is -0.385. The van der Waals surface area contributed by atoms with Crippen molar-refractivity contribution in [3.63, 3.8) is 0 Å². The summed E-state index contributed by atoms with van der Waals surface area (Å²) in [7, 11) is 2.79. The first-order valence-corrected chi connectivity index (χ1v) is 9.46. The number of rotatable bonds is 5. The fourth-order valence-corrected chi connectivity index (χ4v) is 5.32. The van der Waals surface area contributed by atoms with E-state index >= 15 is 0 Å². The van der Waals surface area contributed by atoms with Gasteiger partial charge in [0.25, 0.3) is 17.5 Å². The third kappa shape index (κ3) is 2.43. The Hall–Kier alpha value is -3.23. The molecule has 0 spiro atoms.